The number of ether oxygens (including phenoxy) is 1. The number of nitrogens with one attached hydrogen (secondary N) is 1. The van der Waals surface area contributed by atoms with E-state index < -0.39 is 35.9 Å². The molecule has 0 aliphatic rings. The SMILES string of the molecule is CC(C)c1ccc(C=CC(=O)OCC(=O)Nc2ccccc2C(F)(F)F)cc1. The highest BCUT2D eigenvalue weighted by molar-refractivity contribution is 5.95. The van der Waals surface area contributed by atoms with Crippen LogP contribution in [0.2, 0.25) is 0 Å². The second-order valence-electron chi connectivity index (χ2n) is 6.35. The summed E-state index contributed by atoms with van der Waals surface area (Å²) in [5, 5.41) is 2.10. The van der Waals surface area contributed by atoms with Crippen molar-refractivity contribution in [2.24, 2.45) is 0 Å². The first-order valence-corrected chi connectivity index (χ1v) is 8.57. The number of alkyl halides is 3. The molecule has 0 saturated carbocycles. The first-order valence-electron chi connectivity index (χ1n) is 8.57. The van der Waals surface area contributed by atoms with Crippen LogP contribution in [0.4, 0.5) is 18.9 Å². The molecule has 0 aromatic heterocycles. The molecule has 1 amide bonds. The lowest BCUT2D eigenvalue weighted by atomic mass is 10.0. The van der Waals surface area contributed by atoms with Crippen LogP contribution in [0, 0.1) is 0 Å². The average Bonchev–Trinajstić information content (AvgIpc) is 2.64. The minimum absolute atomic E-state index is 0.392. The second kappa shape index (κ2) is 9.21. The molecular weight excluding hydrogens is 371 g/mol. The highest BCUT2D eigenvalue weighted by atomic mass is 19.4. The molecule has 0 bridgehead atoms. The van der Waals surface area contributed by atoms with E-state index in [1.807, 2.05) is 24.3 Å². The number of amides is 1. The van der Waals surface area contributed by atoms with E-state index in [9.17, 15) is 22.8 Å². The first kappa shape index (κ1) is 21.2. The average molecular weight is 391 g/mol. The minimum atomic E-state index is -4.60. The van der Waals surface area contributed by atoms with Crippen molar-refractivity contribution >= 4 is 23.6 Å². The number of esters is 1. The fourth-order valence-corrected chi connectivity index (χ4v) is 2.37. The summed E-state index contributed by atoms with van der Waals surface area (Å²) in [7, 11) is 0. The topological polar surface area (TPSA) is 55.4 Å². The zero-order valence-corrected chi connectivity index (χ0v) is 15.4. The zero-order valence-electron chi connectivity index (χ0n) is 15.4. The highest BCUT2D eigenvalue weighted by Gasteiger charge is 2.33. The summed E-state index contributed by atoms with van der Waals surface area (Å²) in [6.07, 6.45) is -1.92. The molecule has 0 heterocycles. The molecule has 2 aromatic rings. The molecule has 0 unspecified atom stereocenters. The quantitative estimate of drug-likeness (QED) is 0.555. The molecule has 1 N–H and O–H groups in total. The molecule has 0 saturated heterocycles. The first-order chi connectivity index (χ1) is 13.2. The minimum Gasteiger partial charge on any atom is -0.452 e. The largest absolute Gasteiger partial charge is 0.452 e. The molecule has 0 aliphatic carbocycles. The molecule has 7 heteroatoms. The van der Waals surface area contributed by atoms with E-state index in [1.165, 1.54) is 18.2 Å². The Bertz CT molecular complexity index is 856. The second-order valence-corrected chi connectivity index (χ2v) is 6.35. The maximum Gasteiger partial charge on any atom is 0.418 e. The van der Waals surface area contributed by atoms with Crippen molar-refractivity contribution in [1.29, 1.82) is 0 Å². The van der Waals surface area contributed by atoms with Crippen molar-refractivity contribution in [3.63, 3.8) is 0 Å². The third kappa shape index (κ3) is 6.26. The molecule has 148 valence electrons. The van der Waals surface area contributed by atoms with Gasteiger partial charge in [0, 0.05) is 6.08 Å². The van der Waals surface area contributed by atoms with Crippen LogP contribution in [-0.2, 0) is 20.5 Å². The predicted molar refractivity (Wildman–Crippen MR) is 101 cm³/mol. The lowest BCUT2D eigenvalue weighted by Gasteiger charge is -2.13. The zero-order chi connectivity index (χ0) is 20.7. The molecule has 0 fully saturated rings. The number of halogens is 3. The van der Waals surface area contributed by atoms with Gasteiger partial charge in [0.25, 0.3) is 5.91 Å². The van der Waals surface area contributed by atoms with Crippen LogP contribution in [0.5, 0.6) is 0 Å². The van der Waals surface area contributed by atoms with Gasteiger partial charge in [0.15, 0.2) is 6.61 Å². The summed E-state index contributed by atoms with van der Waals surface area (Å²) in [4.78, 5) is 23.5. The van der Waals surface area contributed by atoms with E-state index in [4.69, 9.17) is 4.74 Å². The van der Waals surface area contributed by atoms with Gasteiger partial charge in [0.05, 0.1) is 11.3 Å². The lowest BCUT2D eigenvalue weighted by Crippen LogP contribution is -2.22. The lowest BCUT2D eigenvalue weighted by molar-refractivity contribution is -0.142. The van der Waals surface area contributed by atoms with Gasteiger partial charge in [-0.2, -0.15) is 13.2 Å². The summed E-state index contributed by atoms with van der Waals surface area (Å²) >= 11 is 0. The Kier molecular flexibility index (Phi) is 6.98. The van der Waals surface area contributed by atoms with Crippen molar-refractivity contribution in [1.82, 2.24) is 0 Å². The van der Waals surface area contributed by atoms with Gasteiger partial charge in [0.1, 0.15) is 0 Å². The van der Waals surface area contributed by atoms with Gasteiger partial charge >= 0.3 is 12.1 Å². The van der Waals surface area contributed by atoms with Gasteiger partial charge < -0.3 is 10.1 Å². The fourth-order valence-electron chi connectivity index (χ4n) is 2.37. The smallest absolute Gasteiger partial charge is 0.418 e. The Labute approximate surface area is 161 Å². The van der Waals surface area contributed by atoms with E-state index in [0.29, 0.717) is 5.92 Å². The predicted octanol–water partition coefficient (Wildman–Crippen LogP) is 5.02. The molecule has 0 atom stereocenters. The fraction of sp³-hybridized carbons (Fsp3) is 0.238. The summed E-state index contributed by atoms with van der Waals surface area (Å²) < 4.78 is 43.5. The number of anilines is 1. The van der Waals surface area contributed by atoms with Crippen LogP contribution in [0.25, 0.3) is 6.08 Å². The van der Waals surface area contributed by atoms with E-state index in [-0.39, 0.29) is 0 Å². The normalized spacial score (nSPS) is 11.6. The monoisotopic (exact) mass is 391 g/mol. The molecular formula is C21H20F3NO3. The van der Waals surface area contributed by atoms with E-state index in [1.54, 1.807) is 0 Å². The standard InChI is InChI=1S/C21H20F3NO3/c1-14(2)16-10-7-15(8-11-16)9-12-20(27)28-13-19(26)25-18-6-4-3-5-17(18)21(22,23)24/h3-12,14H,13H2,1-2H3,(H,25,26). The van der Waals surface area contributed by atoms with Crippen molar-refractivity contribution in [2.45, 2.75) is 25.9 Å². The van der Waals surface area contributed by atoms with Crippen LogP contribution >= 0.6 is 0 Å². The Hall–Kier alpha value is -3.09. The van der Waals surface area contributed by atoms with E-state index in [0.717, 1.165) is 29.3 Å². The Morgan fingerprint density at radius 3 is 2.32 bits per heavy atom. The number of carbonyl (C=O) groups excluding carboxylic acids is 2. The van der Waals surface area contributed by atoms with Crippen LogP contribution in [-0.4, -0.2) is 18.5 Å². The highest BCUT2D eigenvalue weighted by Crippen LogP contribution is 2.34. The molecule has 2 aromatic carbocycles. The van der Waals surface area contributed by atoms with Gasteiger partial charge in [0.2, 0.25) is 0 Å². The van der Waals surface area contributed by atoms with E-state index in [2.05, 4.69) is 19.2 Å². The summed E-state index contributed by atoms with van der Waals surface area (Å²) in [6.45, 7) is 3.45. The van der Waals surface area contributed by atoms with Crippen molar-refractivity contribution in [3.8, 4) is 0 Å². The van der Waals surface area contributed by atoms with Crippen LogP contribution < -0.4 is 5.32 Å². The van der Waals surface area contributed by atoms with Crippen LogP contribution in [0.1, 0.15) is 36.5 Å². The molecule has 2 rings (SSSR count). The van der Waals surface area contributed by atoms with Crippen molar-refractivity contribution in [2.75, 3.05) is 11.9 Å². The summed E-state index contributed by atoms with van der Waals surface area (Å²) in [5.74, 6) is -1.24. The van der Waals surface area contributed by atoms with Gasteiger partial charge in [-0.1, -0.05) is 50.2 Å². The third-order valence-electron chi connectivity index (χ3n) is 3.87. The number of benzene rings is 2. The Balaban J connectivity index is 1.88. The molecule has 0 spiro atoms. The molecule has 0 radical (unpaired) electrons. The van der Waals surface area contributed by atoms with Crippen LogP contribution in [0.3, 0.4) is 0 Å². The number of hydrogen-bond donors (Lipinski definition) is 1. The maximum atomic E-state index is 12.9. The van der Waals surface area contributed by atoms with Gasteiger partial charge in [-0.3, -0.25) is 4.79 Å². The van der Waals surface area contributed by atoms with Gasteiger partial charge in [-0.25, -0.2) is 4.79 Å². The number of rotatable bonds is 6. The third-order valence-corrected chi connectivity index (χ3v) is 3.87. The van der Waals surface area contributed by atoms with Crippen molar-refractivity contribution < 1.29 is 27.5 Å². The van der Waals surface area contributed by atoms with Gasteiger partial charge in [-0.15, -0.1) is 0 Å². The van der Waals surface area contributed by atoms with Crippen molar-refractivity contribution in [3.05, 3.63) is 71.3 Å². The number of carbonyl (C=O) groups is 2. The maximum absolute atomic E-state index is 12.9. The molecule has 0 aliphatic heterocycles. The number of hydrogen-bond acceptors (Lipinski definition) is 3. The summed E-state index contributed by atoms with van der Waals surface area (Å²) in [5.41, 5.74) is 0.580. The Morgan fingerprint density at radius 2 is 1.71 bits per heavy atom. The Morgan fingerprint density at radius 1 is 1.07 bits per heavy atom. The van der Waals surface area contributed by atoms with E-state index >= 15 is 0 Å². The number of para-hydroxylation sites is 1. The summed E-state index contributed by atoms with van der Waals surface area (Å²) in [6, 6.07) is 12.2. The molecule has 4 nitrogen and oxygen atoms in total. The molecule has 28 heavy (non-hydrogen) atoms. The van der Waals surface area contributed by atoms with Gasteiger partial charge in [-0.05, 0) is 35.3 Å². The van der Waals surface area contributed by atoms with Crippen LogP contribution in [0.15, 0.2) is 54.6 Å².